The van der Waals surface area contributed by atoms with Gasteiger partial charge in [0.2, 0.25) is 0 Å². The third kappa shape index (κ3) is 4.38. The van der Waals surface area contributed by atoms with Crippen LogP contribution in [0.4, 0.5) is 0 Å². The lowest BCUT2D eigenvalue weighted by Crippen LogP contribution is -2.02. The van der Waals surface area contributed by atoms with Crippen molar-refractivity contribution in [2.45, 2.75) is 0 Å². The van der Waals surface area contributed by atoms with Crippen molar-refractivity contribution in [2.75, 3.05) is 0 Å². The van der Waals surface area contributed by atoms with Crippen molar-refractivity contribution in [1.82, 2.24) is 24.1 Å². The summed E-state index contributed by atoms with van der Waals surface area (Å²) in [5, 5.41) is 16.5. The standard InChI is InChI=1S/C50H31N5O/c1-3-15-32(16-4-1)46-48(55(52-51-46)33-17-5-2-6-18-33)42-25-14-24-39-36-21-7-10-26-43(36)53(47(39)42)34-19-13-20-35(31-34)54-44-27-11-8-22-37(44)40-29-30-41-38-23-9-12-28-45(38)56-50(41)49(40)54/h1-31H. The van der Waals surface area contributed by atoms with Gasteiger partial charge in [0.05, 0.1) is 27.8 Å². The molecule has 0 aliphatic carbocycles. The van der Waals surface area contributed by atoms with E-state index in [-0.39, 0.29) is 0 Å². The molecule has 4 heterocycles. The van der Waals surface area contributed by atoms with E-state index >= 15 is 0 Å². The zero-order chi connectivity index (χ0) is 36.7. The zero-order valence-corrected chi connectivity index (χ0v) is 30.0. The fraction of sp³-hybridized carbons (Fsp3) is 0. The molecule has 0 N–H and O–H groups in total. The summed E-state index contributed by atoms with van der Waals surface area (Å²) in [5.41, 5.74) is 13.0. The number of furan rings is 1. The van der Waals surface area contributed by atoms with Crippen LogP contribution in [0.3, 0.4) is 0 Å². The third-order valence-corrected chi connectivity index (χ3v) is 11.2. The van der Waals surface area contributed by atoms with Gasteiger partial charge in [0, 0.05) is 54.8 Å². The molecule has 6 nitrogen and oxygen atoms in total. The van der Waals surface area contributed by atoms with Crippen LogP contribution in [-0.2, 0) is 0 Å². The lowest BCUT2D eigenvalue weighted by Gasteiger charge is -2.15. The molecular formula is C50H31N5O. The lowest BCUT2D eigenvalue weighted by molar-refractivity contribution is 0.671. The SMILES string of the molecule is c1ccc(-c2nnn(-c3ccccc3)c2-c2cccc3c4ccccc4n(-c4cccc(-n5c6ccccc6c6ccc7c8ccccc8oc7c65)c4)c23)cc1. The summed E-state index contributed by atoms with van der Waals surface area (Å²) in [5.74, 6) is 0. The largest absolute Gasteiger partial charge is 0.454 e. The highest BCUT2D eigenvalue weighted by molar-refractivity contribution is 6.21. The van der Waals surface area contributed by atoms with Gasteiger partial charge in [0.25, 0.3) is 0 Å². The molecule has 0 bridgehead atoms. The molecule has 0 aliphatic heterocycles. The molecule has 0 spiro atoms. The van der Waals surface area contributed by atoms with Crippen molar-refractivity contribution in [2.24, 2.45) is 0 Å². The molecule has 12 aromatic rings. The van der Waals surface area contributed by atoms with Crippen LogP contribution in [0.5, 0.6) is 0 Å². The normalized spacial score (nSPS) is 11.9. The highest BCUT2D eigenvalue weighted by atomic mass is 16.3. The van der Waals surface area contributed by atoms with Gasteiger partial charge in [0.15, 0.2) is 5.58 Å². The Morgan fingerprint density at radius 1 is 0.411 bits per heavy atom. The minimum absolute atomic E-state index is 0.827. The molecule has 12 rings (SSSR count). The molecule has 0 amide bonds. The molecule has 262 valence electrons. The van der Waals surface area contributed by atoms with Gasteiger partial charge in [-0.15, -0.1) is 5.10 Å². The number of para-hydroxylation sites is 5. The average molecular weight is 718 g/mol. The molecule has 8 aromatic carbocycles. The number of hydrogen-bond acceptors (Lipinski definition) is 3. The van der Waals surface area contributed by atoms with Crippen LogP contribution in [0, 0.1) is 0 Å². The van der Waals surface area contributed by atoms with E-state index in [0.717, 1.165) is 94.4 Å². The first-order chi connectivity index (χ1) is 27.8. The molecule has 0 saturated carbocycles. The van der Waals surface area contributed by atoms with Gasteiger partial charge >= 0.3 is 0 Å². The van der Waals surface area contributed by atoms with E-state index in [1.165, 1.54) is 10.8 Å². The van der Waals surface area contributed by atoms with E-state index in [4.69, 9.17) is 14.7 Å². The van der Waals surface area contributed by atoms with Gasteiger partial charge in [0.1, 0.15) is 17.0 Å². The molecule has 0 aliphatic rings. The third-order valence-electron chi connectivity index (χ3n) is 11.2. The molecule has 0 radical (unpaired) electrons. The Labute approximate surface area is 320 Å². The summed E-state index contributed by atoms with van der Waals surface area (Å²) in [7, 11) is 0. The summed E-state index contributed by atoms with van der Waals surface area (Å²) >= 11 is 0. The second-order valence-corrected chi connectivity index (χ2v) is 14.3. The Kier molecular flexibility index (Phi) is 6.53. The fourth-order valence-corrected chi connectivity index (χ4v) is 8.81. The lowest BCUT2D eigenvalue weighted by atomic mass is 10.0. The van der Waals surface area contributed by atoms with Crippen LogP contribution in [-0.4, -0.2) is 24.1 Å². The number of fused-ring (bicyclic) bond motifs is 10. The molecule has 56 heavy (non-hydrogen) atoms. The maximum absolute atomic E-state index is 6.69. The van der Waals surface area contributed by atoms with Crippen molar-refractivity contribution < 1.29 is 4.42 Å². The van der Waals surface area contributed by atoms with Crippen molar-refractivity contribution in [1.29, 1.82) is 0 Å². The Hall–Kier alpha value is -7.70. The summed E-state index contributed by atoms with van der Waals surface area (Å²) in [6.07, 6.45) is 0. The molecule has 0 fully saturated rings. The van der Waals surface area contributed by atoms with E-state index in [1.807, 2.05) is 35.0 Å². The predicted octanol–water partition coefficient (Wildman–Crippen LogP) is 12.7. The summed E-state index contributed by atoms with van der Waals surface area (Å²) in [4.78, 5) is 0. The van der Waals surface area contributed by atoms with Gasteiger partial charge in [-0.2, -0.15) is 0 Å². The summed E-state index contributed by atoms with van der Waals surface area (Å²) in [6.45, 7) is 0. The molecule has 4 aromatic heterocycles. The van der Waals surface area contributed by atoms with Crippen molar-refractivity contribution >= 4 is 65.6 Å². The first-order valence-corrected chi connectivity index (χ1v) is 18.9. The van der Waals surface area contributed by atoms with E-state index < -0.39 is 0 Å². The van der Waals surface area contributed by atoms with Gasteiger partial charge < -0.3 is 13.6 Å². The number of hydrogen-bond donors (Lipinski definition) is 0. The average Bonchev–Trinajstić information content (AvgIpc) is 4.04. The van der Waals surface area contributed by atoms with E-state index in [2.05, 4.69) is 167 Å². The van der Waals surface area contributed by atoms with E-state index in [9.17, 15) is 0 Å². The number of rotatable bonds is 5. The predicted molar refractivity (Wildman–Crippen MR) is 228 cm³/mol. The topological polar surface area (TPSA) is 53.7 Å². The summed E-state index contributed by atoms with van der Waals surface area (Å²) in [6, 6.07) is 66.2. The van der Waals surface area contributed by atoms with Crippen LogP contribution in [0.1, 0.15) is 0 Å². The first kappa shape index (κ1) is 30.7. The van der Waals surface area contributed by atoms with Crippen molar-refractivity contribution in [3.63, 3.8) is 0 Å². The Bertz CT molecular complexity index is 3420. The Morgan fingerprint density at radius 3 is 1.71 bits per heavy atom. The Balaban J connectivity index is 1.17. The van der Waals surface area contributed by atoms with Crippen LogP contribution < -0.4 is 0 Å². The molecule has 0 atom stereocenters. The Morgan fingerprint density at radius 2 is 0.964 bits per heavy atom. The number of aromatic nitrogens is 5. The second kappa shape index (κ2) is 11.9. The van der Waals surface area contributed by atoms with Gasteiger partial charge in [-0.3, -0.25) is 0 Å². The maximum atomic E-state index is 6.69. The molecular weight excluding hydrogens is 687 g/mol. The minimum Gasteiger partial charge on any atom is -0.454 e. The minimum atomic E-state index is 0.827. The van der Waals surface area contributed by atoms with Crippen molar-refractivity contribution in [3.8, 4) is 39.6 Å². The van der Waals surface area contributed by atoms with Crippen LogP contribution in [0.2, 0.25) is 0 Å². The summed E-state index contributed by atoms with van der Waals surface area (Å²) < 4.78 is 13.4. The van der Waals surface area contributed by atoms with E-state index in [0.29, 0.717) is 0 Å². The fourth-order valence-electron chi connectivity index (χ4n) is 8.81. The highest BCUT2D eigenvalue weighted by Crippen LogP contribution is 2.43. The number of benzene rings is 8. The van der Waals surface area contributed by atoms with Crippen LogP contribution >= 0.6 is 0 Å². The molecule has 0 saturated heterocycles. The maximum Gasteiger partial charge on any atom is 0.160 e. The van der Waals surface area contributed by atoms with E-state index in [1.54, 1.807) is 0 Å². The quantitative estimate of drug-likeness (QED) is 0.178. The second-order valence-electron chi connectivity index (χ2n) is 14.3. The number of nitrogens with zero attached hydrogens (tertiary/aromatic N) is 5. The van der Waals surface area contributed by atoms with Gasteiger partial charge in [-0.25, -0.2) is 4.68 Å². The van der Waals surface area contributed by atoms with Gasteiger partial charge in [-0.05, 0) is 54.6 Å². The monoisotopic (exact) mass is 717 g/mol. The highest BCUT2D eigenvalue weighted by Gasteiger charge is 2.25. The van der Waals surface area contributed by atoms with Crippen LogP contribution in [0.15, 0.2) is 192 Å². The first-order valence-electron chi connectivity index (χ1n) is 18.9. The van der Waals surface area contributed by atoms with Crippen molar-refractivity contribution in [3.05, 3.63) is 188 Å². The van der Waals surface area contributed by atoms with Crippen LogP contribution in [0.25, 0.3) is 105 Å². The smallest absolute Gasteiger partial charge is 0.160 e. The molecule has 6 heteroatoms. The van der Waals surface area contributed by atoms with Gasteiger partial charge in [-0.1, -0.05) is 139 Å². The molecule has 0 unspecified atom stereocenters. The zero-order valence-electron chi connectivity index (χ0n) is 30.0.